The summed E-state index contributed by atoms with van der Waals surface area (Å²) in [6.07, 6.45) is 7.21. The lowest BCUT2D eigenvalue weighted by molar-refractivity contribution is -0.384. The van der Waals surface area contributed by atoms with E-state index in [2.05, 4.69) is 70.9 Å². The highest BCUT2D eigenvalue weighted by atomic mass is 16.6. The molecule has 0 saturated carbocycles. The number of unbranched alkanes of at least 4 members (excludes halogenated alkanes) is 2. The minimum absolute atomic E-state index is 0.0138. The Hall–Kier alpha value is -4.36. The molecule has 0 amide bonds. The van der Waals surface area contributed by atoms with Crippen molar-refractivity contribution in [1.82, 2.24) is 10.2 Å². The fraction of sp³-hybridized carbons (Fsp3) is 0.385. The van der Waals surface area contributed by atoms with Crippen molar-refractivity contribution in [3.63, 3.8) is 0 Å². The van der Waals surface area contributed by atoms with Gasteiger partial charge in [-0.25, -0.2) is 0 Å². The van der Waals surface area contributed by atoms with Crippen LogP contribution < -0.4 is 5.32 Å². The van der Waals surface area contributed by atoms with E-state index < -0.39 is 10.8 Å². The van der Waals surface area contributed by atoms with Gasteiger partial charge in [-0.15, -0.1) is 0 Å². The number of carbonyl (C=O) groups is 2. The second-order valence-corrected chi connectivity index (χ2v) is 13.0. The van der Waals surface area contributed by atoms with Gasteiger partial charge >= 0.3 is 0 Å². The number of dihydropyridines is 1. The highest BCUT2D eigenvalue weighted by Crippen LogP contribution is 2.44. The summed E-state index contributed by atoms with van der Waals surface area (Å²) >= 11 is 0. The van der Waals surface area contributed by atoms with E-state index in [0.717, 1.165) is 76.0 Å². The van der Waals surface area contributed by atoms with Crippen LogP contribution in [0.2, 0.25) is 0 Å². The highest BCUT2D eigenvalue weighted by Gasteiger charge is 2.39. The van der Waals surface area contributed by atoms with Crippen LogP contribution in [-0.2, 0) is 15.0 Å². The van der Waals surface area contributed by atoms with E-state index >= 15 is 0 Å². The van der Waals surface area contributed by atoms with Crippen LogP contribution in [0.1, 0.15) is 87.3 Å². The van der Waals surface area contributed by atoms with Crippen LogP contribution in [0.25, 0.3) is 0 Å². The number of carbonyl (C=O) groups excluding carboxylic acids is 2. The summed E-state index contributed by atoms with van der Waals surface area (Å²) in [5.74, 6) is -0.535. The van der Waals surface area contributed by atoms with E-state index in [1.54, 1.807) is 12.1 Å². The van der Waals surface area contributed by atoms with Crippen molar-refractivity contribution in [3.8, 4) is 0 Å². The van der Waals surface area contributed by atoms with Crippen molar-refractivity contribution in [3.05, 3.63) is 134 Å². The fourth-order valence-corrected chi connectivity index (χ4v) is 7.85. The minimum Gasteiger partial charge on any atom is -0.362 e. The smallest absolute Gasteiger partial charge is 0.269 e. The first-order valence-electron chi connectivity index (χ1n) is 16.7. The summed E-state index contributed by atoms with van der Waals surface area (Å²) in [6.45, 7) is 4.98. The van der Waals surface area contributed by atoms with Gasteiger partial charge in [0.2, 0.25) is 0 Å². The number of piperidine rings is 1. The number of hydrogen-bond donors (Lipinski definition) is 1. The Kier molecular flexibility index (Phi) is 9.59. The second-order valence-electron chi connectivity index (χ2n) is 13.0. The summed E-state index contributed by atoms with van der Waals surface area (Å²) in [7, 11) is 0. The van der Waals surface area contributed by atoms with Crippen molar-refractivity contribution >= 4 is 17.3 Å². The van der Waals surface area contributed by atoms with Gasteiger partial charge in [0.1, 0.15) is 0 Å². The number of nitro groups is 1. The number of Topliss-reactive ketones (excluding diaryl/α,β-unsaturated/α-hetero) is 2. The molecule has 7 nitrogen and oxygen atoms in total. The molecule has 3 aliphatic rings. The zero-order valence-electron chi connectivity index (χ0n) is 26.7. The number of nitrogens with zero attached hydrogens (tertiary/aromatic N) is 2. The topological polar surface area (TPSA) is 92.6 Å². The van der Waals surface area contributed by atoms with Crippen molar-refractivity contribution in [2.24, 2.45) is 0 Å². The number of non-ortho nitro benzene ring substituents is 1. The zero-order valence-corrected chi connectivity index (χ0v) is 26.7. The van der Waals surface area contributed by atoms with E-state index in [-0.39, 0.29) is 22.7 Å². The van der Waals surface area contributed by atoms with Crippen LogP contribution in [0.4, 0.5) is 5.69 Å². The van der Waals surface area contributed by atoms with Gasteiger partial charge in [-0.3, -0.25) is 19.7 Å². The molecular formula is C39H43N3O4. The molecular weight excluding hydrogens is 574 g/mol. The van der Waals surface area contributed by atoms with Gasteiger partial charge in [0.15, 0.2) is 11.6 Å². The third kappa shape index (κ3) is 6.47. The van der Waals surface area contributed by atoms with Gasteiger partial charge in [-0.2, -0.15) is 0 Å². The highest BCUT2D eigenvalue weighted by molar-refractivity contribution is 6.05. The van der Waals surface area contributed by atoms with Gasteiger partial charge in [0, 0.05) is 58.8 Å². The predicted octanol–water partition coefficient (Wildman–Crippen LogP) is 7.77. The Morgan fingerprint density at radius 1 is 0.913 bits per heavy atom. The van der Waals surface area contributed by atoms with E-state index in [1.807, 2.05) is 6.92 Å². The molecule has 0 bridgehead atoms. The standard InChI is InChI=1S/C39H43N3O4/c1-28-36(37(29-13-11-18-32(27-29)42(45)46)38-33(40-28)19-12-21-35(38)44)34(43)20-9-4-10-24-41-25-22-39(23-26-41,30-14-5-2-6-15-30)31-16-7-3-8-17-31/h2-3,5-8,11,13-18,27,37,40H,4,9-10,12,19-26H2,1H3. The van der Waals surface area contributed by atoms with Crippen molar-refractivity contribution in [1.29, 1.82) is 0 Å². The Balaban J connectivity index is 1.07. The first kappa shape index (κ1) is 31.6. The summed E-state index contributed by atoms with van der Waals surface area (Å²) in [5, 5.41) is 14.9. The van der Waals surface area contributed by atoms with Crippen LogP contribution in [0.5, 0.6) is 0 Å². The molecule has 3 aromatic rings. The number of nitrogens with one attached hydrogen (secondary N) is 1. The van der Waals surface area contributed by atoms with E-state index in [4.69, 9.17) is 0 Å². The van der Waals surface area contributed by atoms with Crippen LogP contribution in [0.3, 0.4) is 0 Å². The van der Waals surface area contributed by atoms with E-state index in [1.165, 1.54) is 23.3 Å². The van der Waals surface area contributed by atoms with Crippen LogP contribution >= 0.6 is 0 Å². The quantitative estimate of drug-likeness (QED) is 0.134. The molecule has 2 aliphatic heterocycles. The number of nitro benzene ring substituents is 1. The molecule has 1 fully saturated rings. The van der Waals surface area contributed by atoms with Crippen molar-refractivity contribution in [2.75, 3.05) is 19.6 Å². The maximum Gasteiger partial charge on any atom is 0.269 e. The second kappa shape index (κ2) is 14.0. The molecule has 3 aromatic carbocycles. The Labute approximate surface area is 271 Å². The molecule has 1 N–H and O–H groups in total. The zero-order chi connectivity index (χ0) is 32.1. The average molecular weight is 618 g/mol. The molecule has 1 aliphatic carbocycles. The first-order chi connectivity index (χ1) is 22.4. The summed E-state index contributed by atoms with van der Waals surface area (Å²) < 4.78 is 0. The molecule has 0 aromatic heterocycles. The summed E-state index contributed by atoms with van der Waals surface area (Å²) in [6, 6.07) is 28.2. The molecule has 46 heavy (non-hydrogen) atoms. The molecule has 1 saturated heterocycles. The van der Waals surface area contributed by atoms with Gasteiger partial charge in [-0.05, 0) is 81.8 Å². The first-order valence-corrected chi connectivity index (χ1v) is 16.7. The van der Waals surface area contributed by atoms with Gasteiger partial charge < -0.3 is 10.2 Å². The van der Waals surface area contributed by atoms with Crippen molar-refractivity contribution in [2.45, 2.75) is 76.0 Å². The van der Waals surface area contributed by atoms with Crippen LogP contribution in [-0.4, -0.2) is 41.0 Å². The van der Waals surface area contributed by atoms with Gasteiger partial charge in [0.05, 0.1) is 4.92 Å². The molecule has 0 spiro atoms. The number of rotatable bonds is 11. The molecule has 1 unspecified atom stereocenters. The third-order valence-corrected chi connectivity index (χ3v) is 10.2. The maximum atomic E-state index is 13.8. The Bertz CT molecular complexity index is 1610. The van der Waals surface area contributed by atoms with E-state index in [0.29, 0.717) is 29.6 Å². The molecule has 7 heteroatoms. The minimum atomic E-state index is -0.570. The molecule has 1 atom stereocenters. The summed E-state index contributed by atoms with van der Waals surface area (Å²) in [5.41, 5.74) is 6.20. The average Bonchev–Trinajstić information content (AvgIpc) is 3.08. The molecule has 238 valence electrons. The third-order valence-electron chi connectivity index (χ3n) is 10.2. The number of hydrogen-bond acceptors (Lipinski definition) is 6. The maximum absolute atomic E-state index is 13.8. The Morgan fingerprint density at radius 2 is 1.59 bits per heavy atom. The largest absolute Gasteiger partial charge is 0.362 e. The fourth-order valence-electron chi connectivity index (χ4n) is 7.85. The normalized spacial score (nSPS) is 19.8. The predicted molar refractivity (Wildman–Crippen MR) is 180 cm³/mol. The number of ketones is 2. The monoisotopic (exact) mass is 617 g/mol. The Morgan fingerprint density at radius 3 is 2.24 bits per heavy atom. The lowest BCUT2D eigenvalue weighted by Gasteiger charge is -2.43. The number of allylic oxidation sites excluding steroid dienone is 4. The van der Waals surface area contributed by atoms with Gasteiger partial charge in [-0.1, -0.05) is 79.2 Å². The summed E-state index contributed by atoms with van der Waals surface area (Å²) in [4.78, 5) is 40.7. The van der Waals surface area contributed by atoms with E-state index in [9.17, 15) is 19.7 Å². The molecule has 0 radical (unpaired) electrons. The number of likely N-dealkylation sites (tertiary alicyclic amines) is 1. The lowest BCUT2D eigenvalue weighted by Crippen LogP contribution is -2.43. The van der Waals surface area contributed by atoms with Gasteiger partial charge in [0.25, 0.3) is 5.69 Å². The van der Waals surface area contributed by atoms with Crippen LogP contribution in [0, 0.1) is 10.1 Å². The molecule has 2 heterocycles. The van der Waals surface area contributed by atoms with Crippen molar-refractivity contribution < 1.29 is 14.5 Å². The number of benzene rings is 3. The van der Waals surface area contributed by atoms with Crippen LogP contribution in [0.15, 0.2) is 107 Å². The lowest BCUT2D eigenvalue weighted by atomic mass is 9.68. The molecule has 6 rings (SSSR count). The SMILES string of the molecule is CC1=C(C(=O)CCCCCN2CCC(c3ccccc3)(c3ccccc3)CC2)C(c2cccc([N+](=O)[O-])c2)C2=C(CCCC2=O)N1.